The number of hydrogen-bond acceptors (Lipinski definition) is 6. The van der Waals surface area contributed by atoms with Gasteiger partial charge in [-0.05, 0) is 36.8 Å². The fourth-order valence-corrected chi connectivity index (χ4v) is 3.71. The number of para-hydroxylation sites is 1. The van der Waals surface area contributed by atoms with E-state index in [1.165, 1.54) is 7.11 Å². The van der Waals surface area contributed by atoms with Crippen LogP contribution < -0.4 is 15.6 Å². The highest BCUT2D eigenvalue weighted by Gasteiger charge is 2.12. The highest BCUT2D eigenvalue weighted by Crippen LogP contribution is 2.23. The van der Waals surface area contributed by atoms with Crippen LogP contribution in [0, 0.1) is 6.92 Å². The van der Waals surface area contributed by atoms with E-state index < -0.39 is 6.09 Å². The molecule has 9 nitrogen and oxygen atoms in total. The Kier molecular flexibility index (Phi) is 7.10. The van der Waals surface area contributed by atoms with Gasteiger partial charge in [0.25, 0.3) is 0 Å². The van der Waals surface area contributed by atoms with E-state index in [-0.39, 0.29) is 17.3 Å². The average molecular weight is 485 g/mol. The number of ketones is 1. The van der Waals surface area contributed by atoms with Gasteiger partial charge in [-0.3, -0.25) is 14.9 Å². The van der Waals surface area contributed by atoms with Gasteiger partial charge in [-0.2, -0.15) is 0 Å². The summed E-state index contributed by atoms with van der Waals surface area (Å²) in [4.78, 5) is 44.7. The summed E-state index contributed by atoms with van der Waals surface area (Å²) in [6, 6.07) is 21.5. The number of carbonyl (C=O) groups excluding carboxylic acids is 2. The van der Waals surface area contributed by atoms with Crippen LogP contribution in [0.3, 0.4) is 0 Å². The summed E-state index contributed by atoms with van der Waals surface area (Å²) < 4.78 is 9.67. The van der Waals surface area contributed by atoms with Crippen LogP contribution in [0.4, 0.5) is 10.7 Å². The molecule has 36 heavy (non-hydrogen) atoms. The van der Waals surface area contributed by atoms with Crippen LogP contribution in [0.1, 0.15) is 21.5 Å². The van der Waals surface area contributed by atoms with Crippen LogP contribution in [-0.2, 0) is 4.74 Å². The minimum Gasteiger partial charge on any atom is -0.495 e. The van der Waals surface area contributed by atoms with Gasteiger partial charge in [0.15, 0.2) is 5.78 Å². The number of aryl methyl sites for hydroxylation is 1. The molecule has 0 atom stereocenters. The normalized spacial score (nSPS) is 10.4. The molecule has 0 radical (unpaired) electrons. The number of H-pyrrole nitrogens is 2. The number of imidazole rings is 1. The summed E-state index contributed by atoms with van der Waals surface area (Å²) in [5.41, 5.74) is 4.10. The first-order valence-electron chi connectivity index (χ1n) is 11.0. The molecule has 1 amide bonds. The van der Waals surface area contributed by atoms with Gasteiger partial charge in [-0.25, -0.2) is 9.78 Å². The van der Waals surface area contributed by atoms with E-state index in [1.807, 2.05) is 43.3 Å². The number of aromatic nitrogens is 3. The Bertz CT molecular complexity index is 1610. The summed E-state index contributed by atoms with van der Waals surface area (Å²) in [6.45, 7) is 1.91. The monoisotopic (exact) mass is 484 g/mol. The maximum absolute atomic E-state index is 12.4. The molecule has 5 aromatic rings. The number of rotatable bonds is 4. The van der Waals surface area contributed by atoms with Crippen LogP contribution in [0.5, 0.6) is 5.75 Å². The molecule has 5 rings (SSSR count). The molecule has 0 spiro atoms. The topological polar surface area (TPSA) is 126 Å². The first-order valence-corrected chi connectivity index (χ1v) is 11.0. The first kappa shape index (κ1) is 24.2. The zero-order valence-corrected chi connectivity index (χ0v) is 19.9. The SMILES string of the molecule is COC(=O)Nc1nc2ccc(C(=O)c3ccccc3)cc2[nH]1.COc1cccc2c(C)cc(=O)[nH]c12. The number of nitrogens with zero attached hydrogens (tertiary/aromatic N) is 1. The number of ether oxygens (including phenoxy) is 2. The molecule has 182 valence electrons. The zero-order chi connectivity index (χ0) is 25.7. The highest BCUT2D eigenvalue weighted by molar-refractivity contribution is 6.10. The summed E-state index contributed by atoms with van der Waals surface area (Å²) in [6.07, 6.45) is -0.611. The summed E-state index contributed by atoms with van der Waals surface area (Å²) >= 11 is 0. The number of methoxy groups -OCH3 is 2. The van der Waals surface area contributed by atoms with E-state index in [1.54, 1.807) is 43.5 Å². The number of amides is 1. The van der Waals surface area contributed by atoms with E-state index in [9.17, 15) is 14.4 Å². The maximum Gasteiger partial charge on any atom is 0.413 e. The van der Waals surface area contributed by atoms with E-state index >= 15 is 0 Å². The van der Waals surface area contributed by atoms with Crippen LogP contribution in [0.2, 0.25) is 0 Å². The Hall–Kier alpha value is -4.92. The van der Waals surface area contributed by atoms with Crippen molar-refractivity contribution >= 4 is 39.8 Å². The second-order valence-electron chi connectivity index (χ2n) is 7.83. The summed E-state index contributed by atoms with van der Waals surface area (Å²) in [7, 11) is 2.87. The van der Waals surface area contributed by atoms with Gasteiger partial charge in [-0.1, -0.05) is 42.5 Å². The third-order valence-corrected chi connectivity index (χ3v) is 5.45. The number of fused-ring (bicyclic) bond motifs is 2. The largest absolute Gasteiger partial charge is 0.495 e. The molecule has 3 N–H and O–H groups in total. The molecule has 2 heterocycles. The van der Waals surface area contributed by atoms with Crippen molar-refractivity contribution in [2.45, 2.75) is 6.92 Å². The lowest BCUT2D eigenvalue weighted by Crippen LogP contribution is -2.11. The standard InChI is InChI=1S/C16H13N3O3.C11H11NO2/c1-22-16(21)19-15-17-12-8-7-11(9-13(12)18-15)14(20)10-5-3-2-4-6-10;1-7-6-10(13)12-11-8(7)4-3-5-9(11)14-2/h2-9H,1H3,(H2,17,18,19,21);3-6H,1-2H3,(H,12,13). The van der Waals surface area contributed by atoms with E-state index in [0.29, 0.717) is 27.9 Å². The van der Waals surface area contributed by atoms with E-state index in [4.69, 9.17) is 4.74 Å². The van der Waals surface area contributed by atoms with Gasteiger partial charge < -0.3 is 19.4 Å². The van der Waals surface area contributed by atoms with Gasteiger partial charge >= 0.3 is 6.09 Å². The Balaban J connectivity index is 0.000000187. The quantitative estimate of drug-likeness (QED) is 0.314. The van der Waals surface area contributed by atoms with Crippen molar-refractivity contribution in [2.24, 2.45) is 0 Å². The fourth-order valence-electron chi connectivity index (χ4n) is 3.71. The van der Waals surface area contributed by atoms with Crippen molar-refractivity contribution in [3.8, 4) is 5.75 Å². The van der Waals surface area contributed by atoms with Crippen molar-refractivity contribution in [3.05, 3.63) is 99.8 Å². The Labute approximate surface area is 206 Å². The lowest BCUT2D eigenvalue weighted by atomic mass is 10.0. The van der Waals surface area contributed by atoms with E-state index in [0.717, 1.165) is 16.5 Å². The molecule has 0 saturated heterocycles. The summed E-state index contributed by atoms with van der Waals surface area (Å²) in [5, 5.41) is 3.47. The molecular weight excluding hydrogens is 460 g/mol. The van der Waals surface area contributed by atoms with Gasteiger partial charge in [-0.15, -0.1) is 0 Å². The predicted octanol–water partition coefficient (Wildman–Crippen LogP) is 4.82. The molecule has 0 bridgehead atoms. The molecule has 3 aromatic carbocycles. The number of carbonyl (C=O) groups is 2. The number of benzene rings is 3. The number of hydrogen-bond donors (Lipinski definition) is 3. The minimum absolute atomic E-state index is 0.0698. The molecule has 0 aliphatic heterocycles. The Morgan fingerprint density at radius 2 is 1.67 bits per heavy atom. The van der Waals surface area contributed by atoms with Gasteiger partial charge in [0.05, 0.1) is 30.8 Å². The van der Waals surface area contributed by atoms with Crippen molar-refractivity contribution in [2.75, 3.05) is 19.5 Å². The van der Waals surface area contributed by atoms with Crippen molar-refractivity contribution in [1.82, 2.24) is 15.0 Å². The van der Waals surface area contributed by atoms with Crippen molar-refractivity contribution in [1.29, 1.82) is 0 Å². The second kappa shape index (κ2) is 10.6. The summed E-state index contributed by atoms with van der Waals surface area (Å²) in [5.74, 6) is 0.897. The molecule has 2 aromatic heterocycles. The van der Waals surface area contributed by atoms with Gasteiger partial charge in [0.1, 0.15) is 5.75 Å². The number of pyridine rings is 1. The third kappa shape index (κ3) is 5.25. The molecule has 0 unspecified atom stereocenters. The number of aromatic amines is 2. The second-order valence-corrected chi connectivity index (χ2v) is 7.83. The number of nitrogens with one attached hydrogen (secondary N) is 3. The fraction of sp³-hybridized carbons (Fsp3) is 0.111. The minimum atomic E-state index is -0.611. The van der Waals surface area contributed by atoms with Crippen LogP contribution >= 0.6 is 0 Å². The highest BCUT2D eigenvalue weighted by atomic mass is 16.5. The van der Waals surface area contributed by atoms with E-state index in [2.05, 4.69) is 25.0 Å². The Morgan fingerprint density at radius 1 is 0.889 bits per heavy atom. The van der Waals surface area contributed by atoms with Crippen LogP contribution in [0.15, 0.2) is 77.6 Å². The van der Waals surface area contributed by atoms with Gasteiger partial charge in [0, 0.05) is 22.6 Å². The van der Waals surface area contributed by atoms with Gasteiger partial charge in [0.2, 0.25) is 11.5 Å². The maximum atomic E-state index is 12.4. The molecule has 0 fully saturated rings. The molecular formula is C27H24N4O5. The smallest absolute Gasteiger partial charge is 0.413 e. The zero-order valence-electron chi connectivity index (χ0n) is 19.9. The lowest BCUT2D eigenvalue weighted by Gasteiger charge is -2.05. The van der Waals surface area contributed by atoms with Crippen LogP contribution in [0.25, 0.3) is 21.9 Å². The molecule has 0 aliphatic rings. The molecule has 0 saturated carbocycles. The number of anilines is 1. The molecule has 9 heteroatoms. The third-order valence-electron chi connectivity index (χ3n) is 5.45. The predicted molar refractivity (Wildman–Crippen MR) is 138 cm³/mol. The van der Waals surface area contributed by atoms with Crippen molar-refractivity contribution < 1.29 is 19.1 Å². The average Bonchev–Trinajstić information content (AvgIpc) is 3.30. The molecule has 0 aliphatic carbocycles. The van der Waals surface area contributed by atoms with Crippen molar-refractivity contribution in [3.63, 3.8) is 0 Å². The Morgan fingerprint density at radius 3 is 2.39 bits per heavy atom. The van der Waals surface area contributed by atoms with Crippen LogP contribution in [-0.4, -0.2) is 41.0 Å². The lowest BCUT2D eigenvalue weighted by molar-refractivity contribution is 0.103. The first-order chi connectivity index (χ1) is 17.4.